The van der Waals surface area contributed by atoms with Gasteiger partial charge in [-0.05, 0) is 25.8 Å². The van der Waals surface area contributed by atoms with E-state index in [1.165, 1.54) is 32.7 Å². The van der Waals surface area contributed by atoms with E-state index in [0.29, 0.717) is 12.3 Å². The van der Waals surface area contributed by atoms with E-state index in [0.717, 1.165) is 12.8 Å². The van der Waals surface area contributed by atoms with Gasteiger partial charge in [0.05, 0.1) is 0 Å². The topological polar surface area (TPSA) is 63.3 Å². The fourth-order valence-corrected chi connectivity index (χ4v) is 1.30. The van der Waals surface area contributed by atoms with Crippen molar-refractivity contribution in [3.63, 3.8) is 0 Å². The number of hydrogen-bond acceptors (Lipinski definition) is 2. The van der Waals surface area contributed by atoms with Crippen LogP contribution in [-0.4, -0.2) is 18.1 Å². The van der Waals surface area contributed by atoms with Crippen LogP contribution in [0.15, 0.2) is 0 Å². The van der Waals surface area contributed by atoms with Gasteiger partial charge in [-0.15, -0.1) is 0 Å². The van der Waals surface area contributed by atoms with Gasteiger partial charge in [-0.25, -0.2) is 0 Å². The summed E-state index contributed by atoms with van der Waals surface area (Å²) in [4.78, 5) is 10.0. The number of hydrogen-bond donors (Lipinski definition) is 2. The van der Waals surface area contributed by atoms with Crippen LogP contribution < -0.4 is 5.73 Å². The van der Waals surface area contributed by atoms with Crippen molar-refractivity contribution in [1.82, 2.24) is 0 Å². The zero-order valence-corrected chi connectivity index (χ0v) is 10.5. The molecule has 1 aliphatic rings. The van der Waals surface area contributed by atoms with Crippen LogP contribution in [0.1, 0.15) is 58.8 Å². The highest BCUT2D eigenvalue weighted by atomic mass is 16.4. The lowest BCUT2D eigenvalue weighted by atomic mass is 9.83. The summed E-state index contributed by atoms with van der Waals surface area (Å²) in [6.45, 7) is 4.42. The van der Waals surface area contributed by atoms with E-state index >= 15 is 0 Å². The van der Waals surface area contributed by atoms with E-state index in [4.69, 9.17) is 5.11 Å². The first-order valence-electron chi connectivity index (χ1n) is 6.00. The van der Waals surface area contributed by atoms with E-state index in [1.807, 2.05) is 0 Å². The third-order valence-electron chi connectivity index (χ3n) is 2.40. The first-order chi connectivity index (χ1) is 7.20. The van der Waals surface area contributed by atoms with Crippen LogP contribution in [0, 0.1) is 5.92 Å². The van der Waals surface area contributed by atoms with Crippen LogP contribution in [0.25, 0.3) is 0 Å². The van der Waals surface area contributed by atoms with Crippen LogP contribution in [-0.2, 0) is 4.79 Å². The molecule has 1 rings (SSSR count). The normalized spacial score (nSPS) is 13.9. The summed E-state index contributed by atoms with van der Waals surface area (Å²) in [5.41, 5.74) is 4.50. The SMILES string of the molecule is CCCCC.CN.O=C(O)CC1CCC1. The highest BCUT2D eigenvalue weighted by Gasteiger charge is 2.19. The van der Waals surface area contributed by atoms with Gasteiger partial charge < -0.3 is 10.8 Å². The van der Waals surface area contributed by atoms with Gasteiger partial charge in [-0.2, -0.15) is 0 Å². The van der Waals surface area contributed by atoms with E-state index in [1.54, 1.807) is 0 Å². The van der Waals surface area contributed by atoms with Gasteiger partial charge in [0.15, 0.2) is 0 Å². The van der Waals surface area contributed by atoms with Gasteiger partial charge in [-0.3, -0.25) is 4.79 Å². The Morgan fingerprint density at radius 2 is 1.73 bits per heavy atom. The minimum absolute atomic E-state index is 0.389. The van der Waals surface area contributed by atoms with Crippen molar-refractivity contribution in [1.29, 1.82) is 0 Å². The third-order valence-corrected chi connectivity index (χ3v) is 2.40. The Morgan fingerprint density at radius 3 is 1.80 bits per heavy atom. The third kappa shape index (κ3) is 13.4. The van der Waals surface area contributed by atoms with Gasteiger partial charge >= 0.3 is 5.97 Å². The number of aliphatic carboxylic acids is 1. The summed E-state index contributed by atoms with van der Waals surface area (Å²) in [6.07, 6.45) is 7.96. The molecule has 0 radical (unpaired) electrons. The molecule has 0 heterocycles. The molecule has 3 N–H and O–H groups in total. The number of carbonyl (C=O) groups is 1. The van der Waals surface area contributed by atoms with E-state index < -0.39 is 5.97 Å². The maximum atomic E-state index is 10.0. The quantitative estimate of drug-likeness (QED) is 0.760. The first-order valence-corrected chi connectivity index (χ1v) is 6.00. The predicted molar refractivity (Wildman–Crippen MR) is 64.9 cm³/mol. The second-order valence-electron chi connectivity index (χ2n) is 3.75. The molecule has 0 spiro atoms. The lowest BCUT2D eigenvalue weighted by molar-refractivity contribution is -0.138. The van der Waals surface area contributed by atoms with Gasteiger partial charge in [0.1, 0.15) is 0 Å². The molecule has 0 aromatic carbocycles. The van der Waals surface area contributed by atoms with Gasteiger partial charge in [0.2, 0.25) is 0 Å². The monoisotopic (exact) mass is 217 g/mol. The van der Waals surface area contributed by atoms with Crippen molar-refractivity contribution < 1.29 is 9.90 Å². The van der Waals surface area contributed by atoms with Crippen molar-refractivity contribution in [2.45, 2.75) is 58.8 Å². The maximum Gasteiger partial charge on any atom is 0.303 e. The first kappa shape index (κ1) is 16.8. The average molecular weight is 217 g/mol. The molecule has 0 amide bonds. The summed E-state index contributed by atoms with van der Waals surface area (Å²) in [5.74, 6) is -0.137. The Kier molecular flexibility index (Phi) is 15.1. The van der Waals surface area contributed by atoms with Crippen LogP contribution in [0.4, 0.5) is 0 Å². The minimum atomic E-state index is -0.644. The number of carboxylic acids is 1. The van der Waals surface area contributed by atoms with E-state index in [2.05, 4.69) is 19.6 Å². The molecular formula is C12H27NO2. The Hall–Kier alpha value is -0.570. The van der Waals surface area contributed by atoms with Crippen molar-refractivity contribution in [3.8, 4) is 0 Å². The molecule has 3 nitrogen and oxygen atoms in total. The van der Waals surface area contributed by atoms with Gasteiger partial charge in [0, 0.05) is 6.42 Å². The highest BCUT2D eigenvalue weighted by molar-refractivity contribution is 5.67. The van der Waals surface area contributed by atoms with Crippen LogP contribution in [0.5, 0.6) is 0 Å². The van der Waals surface area contributed by atoms with Crippen LogP contribution in [0.3, 0.4) is 0 Å². The lowest BCUT2D eigenvalue weighted by Gasteiger charge is -2.22. The van der Waals surface area contributed by atoms with Crippen LogP contribution >= 0.6 is 0 Å². The Morgan fingerprint density at radius 1 is 1.27 bits per heavy atom. The molecule has 0 aliphatic heterocycles. The minimum Gasteiger partial charge on any atom is -0.481 e. The Balaban J connectivity index is 0. The number of carboxylic acid groups (broad SMARTS) is 1. The average Bonchev–Trinajstić information content (AvgIpc) is 2.17. The lowest BCUT2D eigenvalue weighted by Crippen LogP contribution is -2.14. The molecule has 0 atom stereocenters. The van der Waals surface area contributed by atoms with E-state index in [-0.39, 0.29) is 0 Å². The Labute approximate surface area is 94.1 Å². The summed E-state index contributed by atoms with van der Waals surface area (Å²) >= 11 is 0. The number of nitrogens with two attached hydrogens (primary N) is 1. The number of unbranched alkanes of at least 4 members (excludes halogenated alkanes) is 2. The molecule has 92 valence electrons. The van der Waals surface area contributed by atoms with E-state index in [9.17, 15) is 4.79 Å². The molecule has 1 saturated carbocycles. The largest absolute Gasteiger partial charge is 0.481 e. The van der Waals surface area contributed by atoms with Crippen molar-refractivity contribution in [2.75, 3.05) is 7.05 Å². The molecule has 0 saturated heterocycles. The molecule has 3 heteroatoms. The second kappa shape index (κ2) is 13.4. The Bertz CT molecular complexity index is 132. The fourth-order valence-electron chi connectivity index (χ4n) is 1.30. The second-order valence-corrected chi connectivity index (χ2v) is 3.75. The van der Waals surface area contributed by atoms with Crippen molar-refractivity contribution in [2.24, 2.45) is 11.7 Å². The summed E-state index contributed by atoms with van der Waals surface area (Å²) in [6, 6.07) is 0. The van der Waals surface area contributed by atoms with Gasteiger partial charge in [0.25, 0.3) is 0 Å². The molecule has 1 aliphatic carbocycles. The molecule has 15 heavy (non-hydrogen) atoms. The molecule has 0 unspecified atom stereocenters. The zero-order chi connectivity index (χ0) is 12.1. The molecule has 0 aromatic heterocycles. The standard InChI is InChI=1S/C6H10O2.C5H12.CH5N/c7-6(8)4-5-2-1-3-5;1-3-5-4-2;1-2/h5H,1-4H2,(H,7,8);3-5H2,1-2H3;2H2,1H3. The van der Waals surface area contributed by atoms with Crippen molar-refractivity contribution in [3.05, 3.63) is 0 Å². The zero-order valence-electron chi connectivity index (χ0n) is 10.5. The summed E-state index contributed by atoms with van der Waals surface area (Å²) in [7, 11) is 1.50. The smallest absolute Gasteiger partial charge is 0.303 e. The van der Waals surface area contributed by atoms with Crippen molar-refractivity contribution >= 4 is 5.97 Å². The predicted octanol–water partition coefficient (Wildman–Crippen LogP) is 3.03. The maximum absolute atomic E-state index is 10.0. The molecule has 1 fully saturated rings. The summed E-state index contributed by atoms with van der Waals surface area (Å²) in [5, 5.41) is 8.25. The summed E-state index contributed by atoms with van der Waals surface area (Å²) < 4.78 is 0. The molecule has 0 bridgehead atoms. The fraction of sp³-hybridized carbons (Fsp3) is 0.917. The highest BCUT2D eigenvalue weighted by Crippen LogP contribution is 2.28. The van der Waals surface area contributed by atoms with Gasteiger partial charge in [-0.1, -0.05) is 39.5 Å². The molecule has 0 aromatic rings. The van der Waals surface area contributed by atoms with Crippen LogP contribution in [0.2, 0.25) is 0 Å². The molecular weight excluding hydrogens is 190 g/mol. The number of rotatable bonds is 4.